The first-order valence-electron chi connectivity index (χ1n) is 7.48. The maximum Gasteiger partial charge on any atom is 0.354 e. The standard InChI is InChI=1S/C16H24N2O3/c1-4-18(13-8-9-21-16(2,3)10-13)11-12-6-5-7-14(17-12)15(19)20/h5-7,13H,4,8-11H2,1-3H3,(H,19,20). The zero-order valence-electron chi connectivity index (χ0n) is 13.0. The fourth-order valence-corrected chi connectivity index (χ4v) is 2.91. The number of nitrogens with zero attached hydrogens (tertiary/aromatic N) is 2. The van der Waals surface area contributed by atoms with Gasteiger partial charge in [-0.3, -0.25) is 4.90 Å². The van der Waals surface area contributed by atoms with Crippen molar-refractivity contribution in [2.45, 2.75) is 51.8 Å². The van der Waals surface area contributed by atoms with Crippen LogP contribution in [-0.4, -0.2) is 45.8 Å². The van der Waals surface area contributed by atoms with Gasteiger partial charge >= 0.3 is 5.97 Å². The highest BCUT2D eigenvalue weighted by Gasteiger charge is 2.31. The van der Waals surface area contributed by atoms with Crippen molar-refractivity contribution < 1.29 is 14.6 Å². The smallest absolute Gasteiger partial charge is 0.354 e. The van der Waals surface area contributed by atoms with Crippen LogP contribution in [0.3, 0.4) is 0 Å². The van der Waals surface area contributed by atoms with Gasteiger partial charge in [-0.25, -0.2) is 9.78 Å². The van der Waals surface area contributed by atoms with Gasteiger partial charge in [0.15, 0.2) is 0 Å². The summed E-state index contributed by atoms with van der Waals surface area (Å²) >= 11 is 0. The van der Waals surface area contributed by atoms with E-state index >= 15 is 0 Å². The third-order valence-electron chi connectivity index (χ3n) is 3.98. The average Bonchev–Trinajstić information content (AvgIpc) is 2.44. The molecule has 0 aromatic carbocycles. The van der Waals surface area contributed by atoms with Crippen LogP contribution < -0.4 is 0 Å². The van der Waals surface area contributed by atoms with Gasteiger partial charge in [0, 0.05) is 19.2 Å². The first kappa shape index (κ1) is 15.9. The van der Waals surface area contributed by atoms with Crippen LogP contribution in [0.2, 0.25) is 0 Å². The van der Waals surface area contributed by atoms with Crippen LogP contribution >= 0.6 is 0 Å². The normalized spacial score (nSPS) is 21.4. The molecule has 2 heterocycles. The van der Waals surface area contributed by atoms with Gasteiger partial charge in [-0.2, -0.15) is 0 Å². The summed E-state index contributed by atoms with van der Waals surface area (Å²) < 4.78 is 5.77. The summed E-state index contributed by atoms with van der Waals surface area (Å²) in [6.07, 6.45) is 2.00. The third-order valence-corrected chi connectivity index (χ3v) is 3.98. The summed E-state index contributed by atoms with van der Waals surface area (Å²) in [6, 6.07) is 5.63. The number of hydrogen-bond donors (Lipinski definition) is 1. The van der Waals surface area contributed by atoms with Crippen LogP contribution in [0.5, 0.6) is 0 Å². The second-order valence-electron chi connectivity index (χ2n) is 6.14. The molecule has 1 saturated heterocycles. The molecule has 5 nitrogen and oxygen atoms in total. The van der Waals surface area contributed by atoms with Crippen LogP contribution in [0.1, 0.15) is 49.8 Å². The lowest BCUT2D eigenvalue weighted by Crippen LogP contribution is -2.45. The van der Waals surface area contributed by atoms with Crippen LogP contribution in [0.4, 0.5) is 0 Å². The Hall–Kier alpha value is -1.46. The highest BCUT2D eigenvalue weighted by molar-refractivity contribution is 5.85. The molecule has 1 aliphatic rings. The monoisotopic (exact) mass is 292 g/mol. The van der Waals surface area contributed by atoms with Gasteiger partial charge in [0.1, 0.15) is 5.69 Å². The van der Waals surface area contributed by atoms with E-state index in [2.05, 4.69) is 30.7 Å². The molecule has 5 heteroatoms. The van der Waals surface area contributed by atoms with Gasteiger partial charge in [-0.1, -0.05) is 13.0 Å². The quantitative estimate of drug-likeness (QED) is 0.903. The number of rotatable bonds is 5. The van der Waals surface area contributed by atoms with E-state index in [9.17, 15) is 4.79 Å². The maximum absolute atomic E-state index is 11.0. The van der Waals surface area contributed by atoms with E-state index in [4.69, 9.17) is 9.84 Å². The predicted molar refractivity (Wildman–Crippen MR) is 80.3 cm³/mol. The van der Waals surface area contributed by atoms with Crippen molar-refractivity contribution in [3.63, 3.8) is 0 Å². The topological polar surface area (TPSA) is 62.7 Å². The lowest BCUT2D eigenvalue weighted by atomic mass is 9.92. The van der Waals surface area contributed by atoms with Crippen LogP contribution in [-0.2, 0) is 11.3 Å². The summed E-state index contributed by atoms with van der Waals surface area (Å²) in [6.45, 7) is 8.74. The first-order valence-corrected chi connectivity index (χ1v) is 7.48. The number of pyridine rings is 1. The number of aromatic nitrogens is 1. The molecule has 1 aromatic heterocycles. The fourth-order valence-electron chi connectivity index (χ4n) is 2.91. The van der Waals surface area contributed by atoms with Crippen molar-refractivity contribution in [1.29, 1.82) is 0 Å². The summed E-state index contributed by atoms with van der Waals surface area (Å²) in [5.41, 5.74) is 0.823. The average molecular weight is 292 g/mol. The van der Waals surface area contributed by atoms with Gasteiger partial charge in [-0.15, -0.1) is 0 Å². The van der Waals surface area contributed by atoms with Crippen LogP contribution in [0, 0.1) is 0 Å². The number of carbonyl (C=O) groups is 1. The van der Waals surface area contributed by atoms with Gasteiger partial charge in [-0.05, 0) is 45.4 Å². The van der Waals surface area contributed by atoms with E-state index < -0.39 is 5.97 Å². The SMILES string of the molecule is CCN(Cc1cccc(C(=O)O)n1)C1CCOC(C)(C)C1. The Bertz CT molecular complexity index is 502. The second kappa shape index (κ2) is 6.54. The molecule has 0 radical (unpaired) electrons. The molecule has 0 amide bonds. The zero-order chi connectivity index (χ0) is 15.5. The molecule has 21 heavy (non-hydrogen) atoms. The van der Waals surface area contributed by atoms with Crippen molar-refractivity contribution in [2.75, 3.05) is 13.2 Å². The van der Waals surface area contributed by atoms with Crippen molar-refractivity contribution in [3.05, 3.63) is 29.6 Å². The molecule has 1 atom stereocenters. The molecule has 116 valence electrons. The van der Waals surface area contributed by atoms with E-state index in [1.165, 1.54) is 6.07 Å². The van der Waals surface area contributed by atoms with E-state index in [0.29, 0.717) is 12.6 Å². The van der Waals surface area contributed by atoms with E-state index in [1.54, 1.807) is 6.07 Å². The van der Waals surface area contributed by atoms with E-state index in [-0.39, 0.29) is 11.3 Å². The van der Waals surface area contributed by atoms with Crippen molar-refractivity contribution in [1.82, 2.24) is 9.88 Å². The Morgan fingerprint density at radius 3 is 2.90 bits per heavy atom. The summed E-state index contributed by atoms with van der Waals surface area (Å²) in [5.74, 6) is -0.980. The zero-order valence-corrected chi connectivity index (χ0v) is 13.0. The molecule has 0 bridgehead atoms. The molecule has 1 aliphatic heterocycles. The lowest BCUT2D eigenvalue weighted by Gasteiger charge is -2.40. The molecular weight excluding hydrogens is 268 g/mol. The molecule has 2 rings (SSSR count). The Kier molecular flexibility index (Phi) is 4.96. The lowest BCUT2D eigenvalue weighted by molar-refractivity contribution is -0.0840. The van der Waals surface area contributed by atoms with Gasteiger partial charge < -0.3 is 9.84 Å². The molecule has 1 aromatic rings. The largest absolute Gasteiger partial charge is 0.477 e. The van der Waals surface area contributed by atoms with E-state index in [0.717, 1.165) is 31.7 Å². The van der Waals surface area contributed by atoms with Gasteiger partial charge in [0.2, 0.25) is 0 Å². The molecule has 1 unspecified atom stereocenters. The molecule has 0 saturated carbocycles. The van der Waals surface area contributed by atoms with Gasteiger partial charge in [0.25, 0.3) is 0 Å². The van der Waals surface area contributed by atoms with E-state index in [1.807, 2.05) is 6.07 Å². The third kappa shape index (κ3) is 4.25. The second-order valence-corrected chi connectivity index (χ2v) is 6.14. The minimum atomic E-state index is -0.980. The van der Waals surface area contributed by atoms with Crippen LogP contribution in [0.15, 0.2) is 18.2 Å². The first-order chi connectivity index (χ1) is 9.91. The summed E-state index contributed by atoms with van der Waals surface area (Å²) in [7, 11) is 0. The number of carboxylic acid groups (broad SMARTS) is 1. The highest BCUT2D eigenvalue weighted by atomic mass is 16.5. The minimum Gasteiger partial charge on any atom is -0.477 e. The Labute approximate surface area is 125 Å². The predicted octanol–water partition coefficient (Wildman–Crippen LogP) is 2.56. The summed E-state index contributed by atoms with van der Waals surface area (Å²) in [4.78, 5) is 17.6. The van der Waals surface area contributed by atoms with Crippen molar-refractivity contribution in [2.24, 2.45) is 0 Å². The van der Waals surface area contributed by atoms with Gasteiger partial charge in [0.05, 0.1) is 11.3 Å². The molecular formula is C16H24N2O3. The molecule has 0 aliphatic carbocycles. The highest BCUT2D eigenvalue weighted by Crippen LogP contribution is 2.28. The fraction of sp³-hybridized carbons (Fsp3) is 0.625. The Morgan fingerprint density at radius 1 is 1.52 bits per heavy atom. The number of carboxylic acids is 1. The molecule has 0 spiro atoms. The molecule has 1 N–H and O–H groups in total. The van der Waals surface area contributed by atoms with Crippen molar-refractivity contribution in [3.8, 4) is 0 Å². The Balaban J connectivity index is 2.08. The van der Waals surface area contributed by atoms with Crippen molar-refractivity contribution >= 4 is 5.97 Å². The maximum atomic E-state index is 11.0. The number of aromatic carboxylic acids is 1. The van der Waals surface area contributed by atoms with Crippen LogP contribution in [0.25, 0.3) is 0 Å². The number of hydrogen-bond acceptors (Lipinski definition) is 4. The number of ether oxygens (including phenoxy) is 1. The Morgan fingerprint density at radius 2 is 2.29 bits per heavy atom. The molecule has 1 fully saturated rings. The summed E-state index contributed by atoms with van der Waals surface area (Å²) in [5, 5.41) is 9.03. The minimum absolute atomic E-state index is 0.0906.